The number of hydrogen-bond acceptors (Lipinski definition) is 10. The second kappa shape index (κ2) is 10.1. The average molecular weight is 531 g/mol. The number of Topliss-reactive ketones (excluding diaryl/α,β-unsaturated/α-hetero) is 2. The van der Waals surface area contributed by atoms with Crippen LogP contribution in [0.15, 0.2) is 0 Å². The molecule has 0 spiro atoms. The molecule has 12 heteroatoms. The number of rotatable bonds is 6. The topological polar surface area (TPSA) is 168 Å². The standard InChI is InChI=1S/C24H38N2O9S/c1-6-22(5)10-19(34-20(29)12-33-16(4)27)24-13-23(15(3)21(22)30,8-7-17(28)11-26-24)9-18(14(24)2)35-36(25,31)32/h14-15,18-19,26H,6-13H2,1-5H3,(H2,25,31,32)/t14?,15-,18?,19+,22+,23?,24?/m0/s1. The van der Waals surface area contributed by atoms with E-state index in [0.717, 1.165) is 0 Å². The maximum absolute atomic E-state index is 13.9. The van der Waals surface area contributed by atoms with Crippen molar-refractivity contribution in [2.24, 2.45) is 27.8 Å². The molecule has 3 rings (SSSR count). The number of hydrogen-bond donors (Lipinski definition) is 2. The van der Waals surface area contributed by atoms with E-state index in [1.165, 1.54) is 6.92 Å². The van der Waals surface area contributed by atoms with E-state index in [-0.39, 0.29) is 37.4 Å². The van der Waals surface area contributed by atoms with E-state index < -0.39 is 69.3 Å². The van der Waals surface area contributed by atoms with Crippen LogP contribution < -0.4 is 10.5 Å². The molecule has 0 amide bonds. The van der Waals surface area contributed by atoms with Crippen LogP contribution in [0, 0.1) is 22.7 Å². The first-order chi connectivity index (χ1) is 16.6. The van der Waals surface area contributed by atoms with Gasteiger partial charge in [0, 0.05) is 30.6 Å². The van der Waals surface area contributed by atoms with Crippen LogP contribution in [0.25, 0.3) is 0 Å². The zero-order valence-electron chi connectivity index (χ0n) is 21.6. The summed E-state index contributed by atoms with van der Waals surface area (Å²) in [5, 5.41) is 8.60. The van der Waals surface area contributed by atoms with E-state index in [9.17, 15) is 27.6 Å². The Morgan fingerprint density at radius 3 is 2.44 bits per heavy atom. The highest BCUT2D eigenvalue weighted by Gasteiger charge is 2.64. The molecular weight excluding hydrogens is 492 g/mol. The first kappa shape index (κ1) is 28.7. The van der Waals surface area contributed by atoms with Crippen molar-refractivity contribution in [2.75, 3.05) is 13.2 Å². The highest BCUT2D eigenvalue weighted by molar-refractivity contribution is 7.84. The number of nitrogens with one attached hydrogen (secondary N) is 1. The molecule has 2 aliphatic carbocycles. The van der Waals surface area contributed by atoms with E-state index in [2.05, 4.69) is 5.32 Å². The Labute approximate surface area is 212 Å². The molecule has 36 heavy (non-hydrogen) atoms. The number of carbonyl (C=O) groups excluding carboxylic acids is 4. The van der Waals surface area contributed by atoms with Gasteiger partial charge in [-0.25, -0.2) is 9.93 Å². The smallest absolute Gasteiger partial charge is 0.344 e. The second-order valence-electron chi connectivity index (χ2n) is 11.1. The largest absolute Gasteiger partial charge is 0.458 e. The summed E-state index contributed by atoms with van der Waals surface area (Å²) in [6.07, 6.45) is -0.0457. The summed E-state index contributed by atoms with van der Waals surface area (Å²) in [4.78, 5) is 50.7. The third-order valence-electron chi connectivity index (χ3n) is 8.96. The first-order valence-corrected chi connectivity index (χ1v) is 13.9. The lowest BCUT2D eigenvalue weighted by molar-refractivity contribution is -0.187. The Hall–Kier alpha value is -1.89. The fourth-order valence-electron chi connectivity index (χ4n) is 6.55. The molecule has 7 atom stereocenters. The van der Waals surface area contributed by atoms with E-state index in [4.69, 9.17) is 18.8 Å². The van der Waals surface area contributed by atoms with Gasteiger partial charge in [-0.1, -0.05) is 27.7 Å². The summed E-state index contributed by atoms with van der Waals surface area (Å²) in [5.74, 6) is -2.60. The summed E-state index contributed by atoms with van der Waals surface area (Å²) in [6, 6.07) is 0. The molecule has 204 valence electrons. The number of ketones is 2. The predicted octanol–water partition coefficient (Wildman–Crippen LogP) is 1.18. The van der Waals surface area contributed by atoms with Crippen molar-refractivity contribution in [3.63, 3.8) is 0 Å². The lowest BCUT2D eigenvalue weighted by atomic mass is 9.48. The van der Waals surface area contributed by atoms with Gasteiger partial charge in [0.2, 0.25) is 0 Å². The van der Waals surface area contributed by atoms with E-state index >= 15 is 0 Å². The zero-order valence-corrected chi connectivity index (χ0v) is 22.4. The number of ether oxygens (including phenoxy) is 2. The van der Waals surface area contributed by atoms with E-state index in [1.54, 1.807) is 6.92 Å². The van der Waals surface area contributed by atoms with E-state index in [1.807, 2.05) is 20.8 Å². The van der Waals surface area contributed by atoms with Crippen LogP contribution in [-0.4, -0.2) is 62.8 Å². The zero-order chi connectivity index (χ0) is 27.1. The molecule has 1 saturated heterocycles. The Bertz CT molecular complexity index is 1030. The van der Waals surface area contributed by atoms with Crippen molar-refractivity contribution < 1.29 is 41.3 Å². The minimum absolute atomic E-state index is 0.00826. The number of esters is 2. The van der Waals surface area contributed by atoms with Gasteiger partial charge in [-0.05, 0) is 37.5 Å². The van der Waals surface area contributed by atoms with Gasteiger partial charge in [-0.2, -0.15) is 8.42 Å². The summed E-state index contributed by atoms with van der Waals surface area (Å²) in [7, 11) is -4.34. The lowest BCUT2D eigenvalue weighted by Crippen LogP contribution is -2.72. The number of nitrogens with two attached hydrogens (primary N) is 1. The van der Waals surface area contributed by atoms with Crippen molar-refractivity contribution in [2.45, 2.75) is 90.9 Å². The van der Waals surface area contributed by atoms with Crippen LogP contribution in [0.4, 0.5) is 0 Å². The van der Waals surface area contributed by atoms with Crippen molar-refractivity contribution in [1.29, 1.82) is 0 Å². The van der Waals surface area contributed by atoms with Crippen molar-refractivity contribution in [3.05, 3.63) is 0 Å². The van der Waals surface area contributed by atoms with Crippen LogP contribution in [0.3, 0.4) is 0 Å². The Morgan fingerprint density at radius 1 is 1.19 bits per heavy atom. The molecular formula is C24H38N2O9S. The highest BCUT2D eigenvalue weighted by Crippen LogP contribution is 2.59. The van der Waals surface area contributed by atoms with Gasteiger partial charge in [-0.15, -0.1) is 0 Å². The third kappa shape index (κ3) is 5.51. The quantitative estimate of drug-likeness (QED) is 0.476. The highest BCUT2D eigenvalue weighted by atomic mass is 32.2. The van der Waals surface area contributed by atoms with Gasteiger partial charge in [0.15, 0.2) is 6.61 Å². The monoisotopic (exact) mass is 530 g/mol. The van der Waals surface area contributed by atoms with Crippen molar-refractivity contribution >= 4 is 33.8 Å². The molecule has 1 heterocycles. The van der Waals surface area contributed by atoms with Crippen molar-refractivity contribution in [3.8, 4) is 0 Å². The first-order valence-electron chi connectivity index (χ1n) is 12.4. The SMILES string of the molecule is CC[C@]1(C)C[C@@H](OC(=O)COC(C)=O)C23CC(CCC(=O)CN2)(CC(OS(N)(=O)=O)C3C)[C@@H](C)C1=O. The average Bonchev–Trinajstić information content (AvgIpc) is 2.78. The van der Waals surface area contributed by atoms with Crippen LogP contribution in [-0.2, 0) is 43.1 Å². The summed E-state index contributed by atoms with van der Waals surface area (Å²) >= 11 is 0. The summed E-state index contributed by atoms with van der Waals surface area (Å²) in [5.41, 5.74) is -2.73. The molecule has 0 radical (unpaired) electrons. The molecule has 2 saturated carbocycles. The Morgan fingerprint density at radius 2 is 1.86 bits per heavy atom. The van der Waals surface area contributed by atoms with Gasteiger partial charge in [0.25, 0.3) is 0 Å². The summed E-state index contributed by atoms with van der Waals surface area (Å²) in [6.45, 7) is 7.92. The molecule has 1 aliphatic heterocycles. The second-order valence-corrected chi connectivity index (χ2v) is 12.2. The minimum atomic E-state index is -4.34. The minimum Gasteiger partial charge on any atom is -0.458 e. The maximum Gasteiger partial charge on any atom is 0.344 e. The third-order valence-corrected chi connectivity index (χ3v) is 9.48. The van der Waals surface area contributed by atoms with E-state index in [0.29, 0.717) is 19.3 Å². The van der Waals surface area contributed by atoms with Crippen LogP contribution in [0.5, 0.6) is 0 Å². The van der Waals surface area contributed by atoms with Gasteiger partial charge < -0.3 is 14.8 Å². The Kier molecular flexibility index (Phi) is 8.05. The predicted molar refractivity (Wildman–Crippen MR) is 127 cm³/mol. The van der Waals surface area contributed by atoms with Gasteiger partial charge in [0.1, 0.15) is 17.7 Å². The van der Waals surface area contributed by atoms with Gasteiger partial charge in [0.05, 0.1) is 18.2 Å². The normalized spacial score (nSPS) is 39.3. The molecule has 11 nitrogen and oxygen atoms in total. The fourth-order valence-corrected chi connectivity index (χ4v) is 7.13. The van der Waals surface area contributed by atoms with Gasteiger partial charge >= 0.3 is 22.2 Å². The number of carbonyl (C=O) groups is 4. The van der Waals surface area contributed by atoms with Crippen LogP contribution in [0.1, 0.15) is 73.1 Å². The van der Waals surface area contributed by atoms with Gasteiger partial charge in [-0.3, -0.25) is 18.6 Å². The molecule has 0 aromatic carbocycles. The molecule has 4 unspecified atom stereocenters. The molecule has 0 aromatic rings. The summed E-state index contributed by atoms with van der Waals surface area (Å²) < 4.78 is 40.2. The maximum atomic E-state index is 13.9. The lowest BCUT2D eigenvalue weighted by Gasteiger charge is -2.61. The Balaban J connectivity index is 2.20. The van der Waals surface area contributed by atoms with Crippen LogP contribution >= 0.6 is 0 Å². The molecule has 3 fully saturated rings. The molecule has 0 aromatic heterocycles. The molecule has 2 bridgehead atoms. The fraction of sp³-hybridized carbons (Fsp3) is 0.833. The van der Waals surface area contributed by atoms with Crippen LogP contribution in [0.2, 0.25) is 0 Å². The van der Waals surface area contributed by atoms with Crippen molar-refractivity contribution in [1.82, 2.24) is 5.32 Å². The molecule has 3 N–H and O–H groups in total. The molecule has 3 aliphatic rings.